The van der Waals surface area contributed by atoms with Crippen LogP contribution in [0.15, 0.2) is 24.3 Å². The van der Waals surface area contributed by atoms with Crippen LogP contribution in [0.4, 0.5) is 0 Å². The highest BCUT2D eigenvalue weighted by atomic mass is 16.2. The zero-order valence-corrected chi connectivity index (χ0v) is 12.9. The number of hydrogen-bond acceptors (Lipinski definition) is 2. The van der Waals surface area contributed by atoms with Crippen LogP contribution in [0, 0.1) is 12.8 Å². The van der Waals surface area contributed by atoms with Crippen molar-refractivity contribution >= 4 is 5.91 Å². The molecular formula is C18H26N2O. The van der Waals surface area contributed by atoms with Gasteiger partial charge < -0.3 is 10.6 Å². The molecule has 0 spiro atoms. The van der Waals surface area contributed by atoms with Crippen molar-refractivity contribution in [2.45, 2.75) is 64.1 Å². The smallest absolute Gasteiger partial charge is 0.227 e. The second-order valence-corrected chi connectivity index (χ2v) is 6.74. The molecule has 0 aliphatic heterocycles. The maximum absolute atomic E-state index is 12.9. The van der Waals surface area contributed by atoms with Gasteiger partial charge in [-0.05, 0) is 38.2 Å². The minimum absolute atomic E-state index is 0.0461. The van der Waals surface area contributed by atoms with E-state index in [1.54, 1.807) is 0 Å². The standard InChI is InChI=1S/C18H26N2O/c1-13-6-8-14(9-7-13)12-20(15-10-11-15)18(21)16-4-2-3-5-17(16)19/h6-9,15-17H,2-5,10-12,19H2,1H3. The third-order valence-corrected chi connectivity index (χ3v) is 4.88. The summed E-state index contributed by atoms with van der Waals surface area (Å²) >= 11 is 0. The number of amides is 1. The van der Waals surface area contributed by atoms with Crippen LogP contribution in [0.1, 0.15) is 49.7 Å². The van der Waals surface area contributed by atoms with Gasteiger partial charge >= 0.3 is 0 Å². The van der Waals surface area contributed by atoms with Crippen LogP contribution in [0.25, 0.3) is 0 Å². The molecule has 3 heteroatoms. The Balaban J connectivity index is 1.71. The van der Waals surface area contributed by atoms with Crippen LogP contribution in [-0.2, 0) is 11.3 Å². The molecule has 2 saturated carbocycles. The molecule has 1 amide bonds. The monoisotopic (exact) mass is 286 g/mol. The molecule has 0 saturated heterocycles. The van der Waals surface area contributed by atoms with Gasteiger partial charge in [-0.2, -0.15) is 0 Å². The molecule has 3 rings (SSSR count). The first kappa shape index (κ1) is 14.6. The van der Waals surface area contributed by atoms with Crippen LogP contribution in [0.3, 0.4) is 0 Å². The first-order chi connectivity index (χ1) is 10.1. The minimum atomic E-state index is 0.0461. The summed E-state index contributed by atoms with van der Waals surface area (Å²) in [6.07, 6.45) is 6.59. The first-order valence-corrected chi connectivity index (χ1v) is 8.27. The second-order valence-electron chi connectivity index (χ2n) is 6.74. The summed E-state index contributed by atoms with van der Waals surface area (Å²) in [5.41, 5.74) is 8.69. The Bertz CT molecular complexity index is 492. The number of carbonyl (C=O) groups excluding carboxylic acids is 1. The molecule has 2 fully saturated rings. The summed E-state index contributed by atoms with van der Waals surface area (Å²) in [5.74, 6) is 0.343. The lowest BCUT2D eigenvalue weighted by molar-refractivity contribution is -0.138. The fraction of sp³-hybridized carbons (Fsp3) is 0.611. The summed E-state index contributed by atoms with van der Waals surface area (Å²) in [6.45, 7) is 2.83. The molecule has 0 bridgehead atoms. The fourth-order valence-corrected chi connectivity index (χ4v) is 3.34. The average Bonchev–Trinajstić information content (AvgIpc) is 3.31. The van der Waals surface area contributed by atoms with Crippen molar-refractivity contribution in [3.8, 4) is 0 Å². The van der Waals surface area contributed by atoms with E-state index in [9.17, 15) is 4.79 Å². The second kappa shape index (κ2) is 6.18. The maximum atomic E-state index is 12.9. The molecule has 2 aliphatic rings. The van der Waals surface area contributed by atoms with Gasteiger partial charge in [0.2, 0.25) is 5.91 Å². The number of hydrogen-bond donors (Lipinski definition) is 1. The van der Waals surface area contributed by atoms with Gasteiger partial charge in [0.05, 0.1) is 5.92 Å². The van der Waals surface area contributed by atoms with E-state index in [4.69, 9.17) is 5.73 Å². The fourth-order valence-electron chi connectivity index (χ4n) is 3.34. The van der Waals surface area contributed by atoms with E-state index in [0.717, 1.165) is 38.6 Å². The highest BCUT2D eigenvalue weighted by Crippen LogP contribution is 2.33. The highest BCUT2D eigenvalue weighted by Gasteiger charge is 2.38. The molecule has 114 valence electrons. The van der Waals surface area contributed by atoms with Gasteiger partial charge in [0.25, 0.3) is 0 Å². The molecule has 0 aromatic heterocycles. The van der Waals surface area contributed by atoms with Gasteiger partial charge in [0.1, 0.15) is 0 Å². The summed E-state index contributed by atoms with van der Waals surface area (Å²) < 4.78 is 0. The minimum Gasteiger partial charge on any atom is -0.335 e. The summed E-state index contributed by atoms with van der Waals surface area (Å²) in [7, 11) is 0. The van der Waals surface area contributed by atoms with Gasteiger partial charge in [-0.25, -0.2) is 0 Å². The predicted molar refractivity (Wildman–Crippen MR) is 84.7 cm³/mol. The van der Waals surface area contributed by atoms with Crippen LogP contribution < -0.4 is 5.73 Å². The molecule has 3 nitrogen and oxygen atoms in total. The lowest BCUT2D eigenvalue weighted by Crippen LogP contribution is -2.46. The van der Waals surface area contributed by atoms with Crippen molar-refractivity contribution in [3.63, 3.8) is 0 Å². The normalized spacial score (nSPS) is 25.6. The van der Waals surface area contributed by atoms with E-state index < -0.39 is 0 Å². The first-order valence-electron chi connectivity index (χ1n) is 8.27. The molecule has 1 aromatic rings. The van der Waals surface area contributed by atoms with Crippen LogP contribution in [0.5, 0.6) is 0 Å². The largest absolute Gasteiger partial charge is 0.335 e. The number of aryl methyl sites for hydroxylation is 1. The Morgan fingerprint density at radius 2 is 1.81 bits per heavy atom. The van der Waals surface area contributed by atoms with Crippen molar-refractivity contribution in [2.24, 2.45) is 11.7 Å². The highest BCUT2D eigenvalue weighted by molar-refractivity contribution is 5.80. The quantitative estimate of drug-likeness (QED) is 0.925. The van der Waals surface area contributed by atoms with Crippen molar-refractivity contribution in [1.29, 1.82) is 0 Å². The summed E-state index contributed by atoms with van der Waals surface area (Å²) in [4.78, 5) is 15.0. The van der Waals surface area contributed by atoms with Crippen LogP contribution in [0.2, 0.25) is 0 Å². The lowest BCUT2D eigenvalue weighted by atomic mass is 9.84. The van der Waals surface area contributed by atoms with Gasteiger partial charge in [-0.3, -0.25) is 4.79 Å². The van der Waals surface area contributed by atoms with Gasteiger partial charge in [0.15, 0.2) is 0 Å². The molecule has 0 radical (unpaired) electrons. The number of nitrogens with zero attached hydrogens (tertiary/aromatic N) is 1. The number of benzene rings is 1. The Morgan fingerprint density at radius 3 is 2.43 bits per heavy atom. The van der Waals surface area contributed by atoms with Gasteiger partial charge in [0, 0.05) is 18.6 Å². The number of carbonyl (C=O) groups is 1. The molecule has 2 unspecified atom stereocenters. The van der Waals surface area contributed by atoms with E-state index >= 15 is 0 Å². The predicted octanol–water partition coefficient (Wildman–Crippen LogP) is 3.00. The number of rotatable bonds is 4. The zero-order chi connectivity index (χ0) is 14.8. The molecule has 1 aromatic carbocycles. The Kier molecular flexibility index (Phi) is 4.29. The summed E-state index contributed by atoms with van der Waals surface area (Å²) in [6, 6.07) is 9.03. The third kappa shape index (κ3) is 3.46. The molecule has 2 atom stereocenters. The van der Waals surface area contributed by atoms with E-state index in [0.29, 0.717) is 11.9 Å². The van der Waals surface area contributed by atoms with Crippen LogP contribution >= 0.6 is 0 Å². The van der Waals surface area contributed by atoms with Crippen molar-refractivity contribution < 1.29 is 4.79 Å². The zero-order valence-electron chi connectivity index (χ0n) is 12.9. The molecule has 2 N–H and O–H groups in total. The van der Waals surface area contributed by atoms with Gasteiger partial charge in [-0.15, -0.1) is 0 Å². The molecule has 0 heterocycles. The van der Waals surface area contributed by atoms with E-state index in [1.165, 1.54) is 17.5 Å². The Hall–Kier alpha value is -1.35. The van der Waals surface area contributed by atoms with E-state index in [2.05, 4.69) is 36.1 Å². The van der Waals surface area contributed by atoms with Crippen molar-refractivity contribution in [1.82, 2.24) is 4.90 Å². The van der Waals surface area contributed by atoms with Crippen molar-refractivity contribution in [3.05, 3.63) is 35.4 Å². The SMILES string of the molecule is Cc1ccc(CN(C(=O)C2CCCCC2N)C2CC2)cc1. The van der Waals surface area contributed by atoms with Crippen molar-refractivity contribution in [2.75, 3.05) is 0 Å². The molecule has 2 aliphatic carbocycles. The molecule has 21 heavy (non-hydrogen) atoms. The van der Waals surface area contributed by atoms with E-state index in [-0.39, 0.29) is 12.0 Å². The summed E-state index contributed by atoms with van der Waals surface area (Å²) in [5, 5.41) is 0. The van der Waals surface area contributed by atoms with E-state index in [1.807, 2.05) is 0 Å². The Morgan fingerprint density at radius 1 is 1.14 bits per heavy atom. The molecular weight excluding hydrogens is 260 g/mol. The average molecular weight is 286 g/mol. The lowest BCUT2D eigenvalue weighted by Gasteiger charge is -2.33. The topological polar surface area (TPSA) is 46.3 Å². The number of nitrogens with two attached hydrogens (primary N) is 1. The van der Waals surface area contributed by atoms with Gasteiger partial charge in [-0.1, -0.05) is 42.7 Å². The third-order valence-electron chi connectivity index (χ3n) is 4.88. The maximum Gasteiger partial charge on any atom is 0.227 e. The van der Waals surface area contributed by atoms with Crippen LogP contribution in [-0.4, -0.2) is 22.9 Å². The Labute approximate surface area is 127 Å².